The van der Waals surface area contributed by atoms with Crippen LogP contribution >= 0.6 is 11.6 Å². The lowest BCUT2D eigenvalue weighted by Gasteiger charge is -2.16. The Morgan fingerprint density at radius 1 is 1.52 bits per heavy atom. The summed E-state index contributed by atoms with van der Waals surface area (Å²) < 4.78 is 15.4. The van der Waals surface area contributed by atoms with Gasteiger partial charge < -0.3 is 5.11 Å². The maximum Gasteiger partial charge on any atom is 0.305 e. The van der Waals surface area contributed by atoms with Gasteiger partial charge in [-0.25, -0.2) is 9.07 Å². The van der Waals surface area contributed by atoms with Crippen LogP contribution in [-0.2, 0) is 4.79 Å². The van der Waals surface area contributed by atoms with Gasteiger partial charge in [-0.15, -0.1) is 5.10 Å². The predicted molar refractivity (Wildman–Crippen MR) is 72.2 cm³/mol. The Kier molecular flexibility index (Phi) is 3.59. The van der Waals surface area contributed by atoms with Gasteiger partial charge in [-0.05, 0) is 41.3 Å². The van der Waals surface area contributed by atoms with Crippen LogP contribution in [0, 0.1) is 11.7 Å². The number of aromatic nitrogens is 4. The van der Waals surface area contributed by atoms with Crippen molar-refractivity contribution in [3.63, 3.8) is 0 Å². The molecule has 1 saturated carbocycles. The Labute approximate surface area is 124 Å². The number of carboxylic acids is 1. The van der Waals surface area contributed by atoms with Gasteiger partial charge in [-0.2, -0.15) is 0 Å². The average molecular weight is 311 g/mol. The summed E-state index contributed by atoms with van der Waals surface area (Å²) in [6.45, 7) is 0. The third-order valence-corrected chi connectivity index (χ3v) is 3.86. The van der Waals surface area contributed by atoms with E-state index in [2.05, 4.69) is 15.5 Å². The number of hydrogen-bond donors (Lipinski definition) is 1. The van der Waals surface area contributed by atoms with E-state index in [1.165, 1.54) is 16.8 Å². The lowest BCUT2D eigenvalue weighted by Crippen LogP contribution is -2.18. The minimum Gasteiger partial charge on any atom is -0.481 e. The molecule has 0 saturated heterocycles. The zero-order chi connectivity index (χ0) is 15.0. The highest BCUT2D eigenvalue weighted by Crippen LogP contribution is 2.43. The van der Waals surface area contributed by atoms with Crippen LogP contribution in [-0.4, -0.2) is 31.3 Å². The Balaban J connectivity index is 2.06. The molecule has 110 valence electrons. The van der Waals surface area contributed by atoms with Crippen LogP contribution in [0.2, 0.25) is 5.02 Å². The van der Waals surface area contributed by atoms with Gasteiger partial charge >= 0.3 is 5.97 Å². The van der Waals surface area contributed by atoms with Crippen molar-refractivity contribution >= 4 is 17.6 Å². The fourth-order valence-electron chi connectivity index (χ4n) is 2.41. The standard InChI is InChI=1S/C13H12ClFN4O2/c14-8-2-1-3-9(15)12(8)13-16-17-18-19(13)10(6-11(20)21)7-4-5-7/h1-3,7,10H,4-6H2,(H,20,21). The Morgan fingerprint density at radius 2 is 2.29 bits per heavy atom. The summed E-state index contributed by atoms with van der Waals surface area (Å²) in [7, 11) is 0. The number of tetrazole rings is 1. The van der Waals surface area contributed by atoms with Crippen LogP contribution < -0.4 is 0 Å². The normalized spacial score (nSPS) is 15.9. The predicted octanol–water partition coefficient (Wildman–Crippen LogP) is 2.56. The van der Waals surface area contributed by atoms with E-state index in [1.54, 1.807) is 6.07 Å². The monoisotopic (exact) mass is 310 g/mol. The summed E-state index contributed by atoms with van der Waals surface area (Å²) in [5.41, 5.74) is 0.0974. The third-order valence-electron chi connectivity index (χ3n) is 3.54. The van der Waals surface area contributed by atoms with E-state index in [9.17, 15) is 9.18 Å². The number of nitrogens with zero attached hydrogens (tertiary/aromatic N) is 4. The number of benzene rings is 1. The number of carboxylic acid groups (broad SMARTS) is 1. The van der Waals surface area contributed by atoms with Crippen molar-refractivity contribution < 1.29 is 14.3 Å². The molecule has 8 heteroatoms. The average Bonchev–Trinajstić information content (AvgIpc) is 3.15. The topological polar surface area (TPSA) is 80.9 Å². The summed E-state index contributed by atoms with van der Waals surface area (Å²) >= 11 is 6.03. The van der Waals surface area contributed by atoms with Crippen molar-refractivity contribution in [1.29, 1.82) is 0 Å². The molecular weight excluding hydrogens is 299 g/mol. The maximum absolute atomic E-state index is 14.0. The molecule has 3 rings (SSSR count). The maximum atomic E-state index is 14.0. The molecule has 21 heavy (non-hydrogen) atoms. The summed E-state index contributed by atoms with van der Waals surface area (Å²) in [5.74, 6) is -1.11. The van der Waals surface area contributed by atoms with Crippen molar-refractivity contribution in [2.24, 2.45) is 5.92 Å². The van der Waals surface area contributed by atoms with Gasteiger partial charge in [0, 0.05) is 0 Å². The van der Waals surface area contributed by atoms with Crippen LogP contribution in [0.1, 0.15) is 25.3 Å². The van der Waals surface area contributed by atoms with Gasteiger partial charge in [0.15, 0.2) is 5.82 Å². The second-order valence-electron chi connectivity index (χ2n) is 5.05. The van der Waals surface area contributed by atoms with Gasteiger partial charge in [0.2, 0.25) is 0 Å². The van der Waals surface area contributed by atoms with Crippen molar-refractivity contribution in [3.05, 3.63) is 29.0 Å². The zero-order valence-electron chi connectivity index (χ0n) is 10.9. The van der Waals surface area contributed by atoms with Crippen molar-refractivity contribution in [2.75, 3.05) is 0 Å². The van der Waals surface area contributed by atoms with E-state index >= 15 is 0 Å². The number of hydrogen-bond acceptors (Lipinski definition) is 4. The molecule has 1 fully saturated rings. The number of halogens is 2. The van der Waals surface area contributed by atoms with E-state index < -0.39 is 11.8 Å². The molecule has 1 aliphatic carbocycles. The van der Waals surface area contributed by atoms with E-state index in [0.29, 0.717) is 0 Å². The van der Waals surface area contributed by atoms with E-state index in [-0.39, 0.29) is 34.8 Å². The molecular formula is C13H12ClFN4O2. The van der Waals surface area contributed by atoms with Gasteiger partial charge in [-0.3, -0.25) is 4.79 Å². The lowest BCUT2D eigenvalue weighted by atomic mass is 10.1. The third kappa shape index (κ3) is 2.73. The molecule has 0 bridgehead atoms. The Hall–Kier alpha value is -2.02. The number of rotatable bonds is 5. The molecule has 1 aromatic carbocycles. The largest absolute Gasteiger partial charge is 0.481 e. The van der Waals surface area contributed by atoms with Gasteiger partial charge in [-0.1, -0.05) is 17.7 Å². The van der Waals surface area contributed by atoms with Crippen molar-refractivity contribution in [2.45, 2.75) is 25.3 Å². The number of carbonyl (C=O) groups is 1. The van der Waals surface area contributed by atoms with E-state index in [0.717, 1.165) is 12.8 Å². The lowest BCUT2D eigenvalue weighted by molar-refractivity contribution is -0.138. The van der Waals surface area contributed by atoms with Crippen LogP contribution in [0.4, 0.5) is 4.39 Å². The molecule has 0 radical (unpaired) electrons. The summed E-state index contributed by atoms with van der Waals surface area (Å²) in [6.07, 6.45) is 1.74. The summed E-state index contributed by atoms with van der Waals surface area (Å²) in [6, 6.07) is 3.92. The SMILES string of the molecule is O=C(O)CC(C1CC1)n1nnnc1-c1c(F)cccc1Cl. The smallest absolute Gasteiger partial charge is 0.305 e. The van der Waals surface area contributed by atoms with Crippen molar-refractivity contribution in [1.82, 2.24) is 20.2 Å². The Morgan fingerprint density at radius 3 is 2.90 bits per heavy atom. The summed E-state index contributed by atoms with van der Waals surface area (Å²) in [5, 5.41) is 20.5. The second kappa shape index (κ2) is 5.40. The zero-order valence-corrected chi connectivity index (χ0v) is 11.7. The first-order valence-electron chi connectivity index (χ1n) is 6.52. The molecule has 6 nitrogen and oxygen atoms in total. The van der Waals surface area contributed by atoms with Crippen LogP contribution in [0.5, 0.6) is 0 Å². The first-order valence-corrected chi connectivity index (χ1v) is 6.89. The highest BCUT2D eigenvalue weighted by Gasteiger charge is 2.37. The van der Waals surface area contributed by atoms with Crippen molar-refractivity contribution in [3.8, 4) is 11.4 Å². The van der Waals surface area contributed by atoms with Gasteiger partial charge in [0.1, 0.15) is 5.82 Å². The van der Waals surface area contributed by atoms with Gasteiger partial charge in [0.05, 0.1) is 23.0 Å². The van der Waals surface area contributed by atoms with Crippen LogP contribution in [0.25, 0.3) is 11.4 Å². The minimum atomic E-state index is -0.937. The molecule has 1 aromatic heterocycles. The molecule has 1 atom stereocenters. The molecule has 1 N–H and O–H groups in total. The van der Waals surface area contributed by atoms with Crippen LogP contribution in [0.3, 0.4) is 0 Å². The van der Waals surface area contributed by atoms with E-state index in [4.69, 9.17) is 16.7 Å². The molecule has 1 unspecified atom stereocenters. The molecule has 0 spiro atoms. The molecule has 1 heterocycles. The molecule has 1 aliphatic rings. The molecule has 0 amide bonds. The molecule has 2 aromatic rings. The highest BCUT2D eigenvalue weighted by molar-refractivity contribution is 6.33. The first kappa shape index (κ1) is 13.9. The van der Waals surface area contributed by atoms with E-state index in [1.807, 2.05) is 0 Å². The fourth-order valence-corrected chi connectivity index (χ4v) is 2.65. The molecule has 0 aliphatic heterocycles. The quantitative estimate of drug-likeness (QED) is 0.918. The second-order valence-corrected chi connectivity index (χ2v) is 5.45. The first-order chi connectivity index (χ1) is 10.1. The Bertz CT molecular complexity index is 666. The fraction of sp³-hybridized carbons (Fsp3) is 0.385. The van der Waals surface area contributed by atoms with Crippen LogP contribution in [0.15, 0.2) is 18.2 Å². The van der Waals surface area contributed by atoms with Gasteiger partial charge in [0.25, 0.3) is 0 Å². The number of aliphatic carboxylic acids is 1. The minimum absolute atomic E-state index is 0.0974. The summed E-state index contributed by atoms with van der Waals surface area (Å²) in [4.78, 5) is 11.0. The highest BCUT2D eigenvalue weighted by atomic mass is 35.5.